The molecule has 0 fully saturated rings. The van der Waals surface area contributed by atoms with Gasteiger partial charge in [-0.1, -0.05) is 18.2 Å². The smallest absolute Gasteiger partial charge is 0.222 e. The molecule has 0 spiro atoms. The first-order valence-electron chi connectivity index (χ1n) is 8.82. The Morgan fingerprint density at radius 2 is 1.93 bits per heavy atom. The van der Waals surface area contributed by atoms with Gasteiger partial charge in [0.1, 0.15) is 0 Å². The summed E-state index contributed by atoms with van der Waals surface area (Å²) >= 11 is 0. The molecule has 4 aromatic rings. The number of anilines is 2. The Hall–Kier alpha value is -3.92. The van der Waals surface area contributed by atoms with Gasteiger partial charge in [-0.3, -0.25) is 0 Å². The first kappa shape index (κ1) is 17.5. The van der Waals surface area contributed by atoms with E-state index in [1.54, 1.807) is 16.9 Å². The fourth-order valence-electron chi connectivity index (χ4n) is 3.36. The minimum atomic E-state index is 0.167. The van der Waals surface area contributed by atoms with Crippen molar-refractivity contribution in [2.75, 3.05) is 11.5 Å². The summed E-state index contributed by atoms with van der Waals surface area (Å²) in [5, 5.41) is 14.6. The van der Waals surface area contributed by atoms with Crippen LogP contribution in [0.1, 0.15) is 22.3 Å². The predicted octanol–water partition coefficient (Wildman–Crippen LogP) is 3.19. The van der Waals surface area contributed by atoms with E-state index in [4.69, 9.17) is 11.5 Å². The van der Waals surface area contributed by atoms with E-state index in [1.165, 1.54) is 0 Å². The number of rotatable bonds is 3. The fraction of sp³-hybridized carbons (Fsp3) is 0.143. The second-order valence-electron chi connectivity index (χ2n) is 6.75. The molecule has 0 saturated carbocycles. The molecule has 28 heavy (non-hydrogen) atoms. The first-order valence-corrected chi connectivity index (χ1v) is 8.82. The summed E-state index contributed by atoms with van der Waals surface area (Å²) in [6.07, 6.45) is 1.75. The van der Waals surface area contributed by atoms with Crippen molar-refractivity contribution in [1.82, 2.24) is 19.7 Å². The standard InChI is InChI=1S/C21H19N7/c1-12-8-16(23)7-6-15(12)11-28-20-18(10-25-28)19(26-21(24)27-20)17-5-3-4-14(9-22)13(17)2/h3-8,10H,11,23H2,1-2H3,(H2,24,26,27). The topological polar surface area (TPSA) is 119 Å². The lowest BCUT2D eigenvalue weighted by molar-refractivity contribution is 0.701. The minimum Gasteiger partial charge on any atom is -0.399 e. The zero-order valence-electron chi connectivity index (χ0n) is 15.6. The normalized spacial score (nSPS) is 10.9. The highest BCUT2D eigenvalue weighted by Crippen LogP contribution is 2.30. The maximum absolute atomic E-state index is 9.34. The van der Waals surface area contributed by atoms with Crippen LogP contribution in [-0.4, -0.2) is 19.7 Å². The van der Waals surface area contributed by atoms with Crippen LogP contribution in [0, 0.1) is 25.2 Å². The molecule has 0 aliphatic rings. The first-order chi connectivity index (χ1) is 13.5. The summed E-state index contributed by atoms with van der Waals surface area (Å²) in [5.74, 6) is 0.167. The van der Waals surface area contributed by atoms with E-state index in [2.05, 4.69) is 21.1 Å². The summed E-state index contributed by atoms with van der Waals surface area (Å²) in [6.45, 7) is 4.46. The molecule has 4 rings (SSSR count). The van der Waals surface area contributed by atoms with Crippen LogP contribution < -0.4 is 11.5 Å². The van der Waals surface area contributed by atoms with Gasteiger partial charge >= 0.3 is 0 Å². The Kier molecular flexibility index (Phi) is 4.17. The molecule has 0 aliphatic carbocycles. The second kappa shape index (κ2) is 6.67. The summed E-state index contributed by atoms with van der Waals surface area (Å²) in [4.78, 5) is 8.86. The molecule has 2 aromatic heterocycles. The number of nitriles is 1. The number of aryl methyl sites for hydroxylation is 1. The summed E-state index contributed by atoms with van der Waals surface area (Å²) in [5.41, 5.74) is 18.4. The Bertz CT molecular complexity index is 1250. The SMILES string of the molecule is Cc1cc(N)ccc1Cn1ncc2c(-c3cccc(C#N)c3C)nc(N)nc21. The van der Waals surface area contributed by atoms with Crippen molar-refractivity contribution >= 4 is 22.7 Å². The molecule has 0 unspecified atom stereocenters. The van der Waals surface area contributed by atoms with Crippen molar-refractivity contribution < 1.29 is 0 Å². The minimum absolute atomic E-state index is 0.167. The average molecular weight is 369 g/mol. The fourth-order valence-corrected chi connectivity index (χ4v) is 3.36. The van der Waals surface area contributed by atoms with Crippen LogP contribution in [0.4, 0.5) is 11.6 Å². The van der Waals surface area contributed by atoms with E-state index >= 15 is 0 Å². The number of nitrogens with zero attached hydrogens (tertiary/aromatic N) is 5. The van der Waals surface area contributed by atoms with Crippen molar-refractivity contribution in [2.45, 2.75) is 20.4 Å². The third-order valence-electron chi connectivity index (χ3n) is 4.91. The largest absolute Gasteiger partial charge is 0.399 e. The van der Waals surface area contributed by atoms with Crippen molar-refractivity contribution in [3.63, 3.8) is 0 Å². The van der Waals surface area contributed by atoms with Gasteiger partial charge in [-0.15, -0.1) is 0 Å². The molecule has 2 heterocycles. The van der Waals surface area contributed by atoms with Gasteiger partial charge in [0.15, 0.2) is 5.65 Å². The Balaban J connectivity index is 1.87. The molecule has 0 saturated heterocycles. The monoisotopic (exact) mass is 369 g/mol. The van der Waals surface area contributed by atoms with E-state index in [9.17, 15) is 5.26 Å². The molecule has 0 bridgehead atoms. The van der Waals surface area contributed by atoms with Crippen LogP contribution in [0.5, 0.6) is 0 Å². The van der Waals surface area contributed by atoms with Crippen molar-refractivity contribution in [3.8, 4) is 17.3 Å². The van der Waals surface area contributed by atoms with Crippen LogP contribution in [0.3, 0.4) is 0 Å². The number of hydrogen-bond acceptors (Lipinski definition) is 6. The predicted molar refractivity (Wildman–Crippen MR) is 109 cm³/mol. The number of hydrogen-bond donors (Lipinski definition) is 2. The van der Waals surface area contributed by atoms with Crippen molar-refractivity contribution in [2.24, 2.45) is 0 Å². The van der Waals surface area contributed by atoms with Gasteiger partial charge in [0.2, 0.25) is 5.95 Å². The van der Waals surface area contributed by atoms with Crippen LogP contribution in [0.15, 0.2) is 42.6 Å². The summed E-state index contributed by atoms with van der Waals surface area (Å²) in [6, 6.07) is 13.6. The highest BCUT2D eigenvalue weighted by Gasteiger charge is 2.16. The quantitative estimate of drug-likeness (QED) is 0.535. The maximum atomic E-state index is 9.34. The van der Waals surface area contributed by atoms with Gasteiger partial charge in [0, 0.05) is 11.3 Å². The number of fused-ring (bicyclic) bond motifs is 1. The molecule has 7 nitrogen and oxygen atoms in total. The molecule has 0 atom stereocenters. The Morgan fingerprint density at radius 1 is 1.11 bits per heavy atom. The van der Waals surface area contributed by atoms with Gasteiger partial charge < -0.3 is 11.5 Å². The molecular weight excluding hydrogens is 350 g/mol. The molecule has 0 radical (unpaired) electrons. The zero-order valence-corrected chi connectivity index (χ0v) is 15.6. The van der Waals surface area contributed by atoms with Gasteiger partial charge in [-0.25, -0.2) is 9.67 Å². The summed E-state index contributed by atoms with van der Waals surface area (Å²) in [7, 11) is 0. The van der Waals surface area contributed by atoms with Crippen molar-refractivity contribution in [3.05, 3.63) is 64.8 Å². The maximum Gasteiger partial charge on any atom is 0.222 e. The van der Waals surface area contributed by atoms with Gasteiger partial charge in [0.25, 0.3) is 0 Å². The van der Waals surface area contributed by atoms with Crippen molar-refractivity contribution in [1.29, 1.82) is 5.26 Å². The lowest BCUT2D eigenvalue weighted by atomic mass is 9.99. The summed E-state index contributed by atoms with van der Waals surface area (Å²) < 4.78 is 1.80. The number of nitrogen functional groups attached to an aromatic ring is 2. The van der Waals surface area contributed by atoms with E-state index in [0.29, 0.717) is 23.4 Å². The lowest BCUT2D eigenvalue weighted by Crippen LogP contribution is -2.06. The Morgan fingerprint density at radius 3 is 2.68 bits per heavy atom. The van der Waals surface area contributed by atoms with E-state index in [-0.39, 0.29) is 5.95 Å². The molecule has 138 valence electrons. The van der Waals surface area contributed by atoms with Crippen LogP contribution >= 0.6 is 0 Å². The van der Waals surface area contributed by atoms with E-state index in [0.717, 1.165) is 33.3 Å². The second-order valence-corrected chi connectivity index (χ2v) is 6.75. The van der Waals surface area contributed by atoms with Gasteiger partial charge in [0.05, 0.1) is 35.5 Å². The number of nitrogens with two attached hydrogens (primary N) is 2. The van der Waals surface area contributed by atoms with Crippen LogP contribution in [-0.2, 0) is 6.54 Å². The highest BCUT2D eigenvalue weighted by atomic mass is 15.3. The molecule has 2 aromatic carbocycles. The van der Waals surface area contributed by atoms with E-state index in [1.807, 2.05) is 44.2 Å². The molecule has 0 amide bonds. The van der Waals surface area contributed by atoms with Crippen LogP contribution in [0.25, 0.3) is 22.3 Å². The molecule has 4 N–H and O–H groups in total. The lowest BCUT2D eigenvalue weighted by Gasteiger charge is -2.10. The third kappa shape index (κ3) is 2.91. The number of benzene rings is 2. The van der Waals surface area contributed by atoms with Gasteiger partial charge in [-0.05, 0) is 48.7 Å². The van der Waals surface area contributed by atoms with E-state index < -0.39 is 0 Å². The zero-order chi connectivity index (χ0) is 19.8. The highest BCUT2D eigenvalue weighted by molar-refractivity contribution is 5.92. The van der Waals surface area contributed by atoms with Crippen LogP contribution in [0.2, 0.25) is 0 Å². The Labute approximate surface area is 162 Å². The third-order valence-corrected chi connectivity index (χ3v) is 4.91. The molecular formula is C21H19N7. The average Bonchev–Trinajstić information content (AvgIpc) is 3.06. The van der Waals surface area contributed by atoms with Gasteiger partial charge in [-0.2, -0.15) is 15.3 Å². The molecule has 0 aliphatic heterocycles. The molecule has 7 heteroatoms. The number of aromatic nitrogens is 4.